The Kier molecular flexibility index (Phi) is 5.50. The van der Waals surface area contributed by atoms with Gasteiger partial charge in [-0.25, -0.2) is 0 Å². The first-order chi connectivity index (χ1) is 11.5. The van der Waals surface area contributed by atoms with E-state index in [0.29, 0.717) is 14.9 Å². The van der Waals surface area contributed by atoms with Crippen LogP contribution in [-0.4, -0.2) is 27.6 Å². The van der Waals surface area contributed by atoms with E-state index in [1.165, 1.54) is 16.7 Å². The number of thioether (sulfide) groups is 1. The molecular formula is C16H11BrN2O2S3. The van der Waals surface area contributed by atoms with Crippen LogP contribution in [0.15, 0.2) is 51.2 Å². The van der Waals surface area contributed by atoms with Gasteiger partial charge < -0.3 is 5.32 Å². The fraction of sp³-hybridized carbons (Fsp3) is 0.0625. The minimum absolute atomic E-state index is 0.0983. The summed E-state index contributed by atoms with van der Waals surface area (Å²) < 4.78 is 1.26. The minimum atomic E-state index is -0.290. The molecule has 1 saturated heterocycles. The molecule has 8 heteroatoms. The third-order valence-electron chi connectivity index (χ3n) is 3.10. The van der Waals surface area contributed by atoms with Gasteiger partial charge in [0.25, 0.3) is 5.91 Å². The third-order valence-corrected chi connectivity index (χ3v) is 5.79. The fourth-order valence-corrected chi connectivity index (χ4v) is 4.43. The molecule has 1 N–H and O–H groups in total. The predicted molar refractivity (Wildman–Crippen MR) is 107 cm³/mol. The van der Waals surface area contributed by atoms with Gasteiger partial charge in [0.1, 0.15) is 10.9 Å². The van der Waals surface area contributed by atoms with Gasteiger partial charge in [-0.15, -0.1) is 11.3 Å². The number of rotatable bonds is 4. The Morgan fingerprint density at radius 3 is 2.88 bits per heavy atom. The number of carbonyl (C=O) groups is 2. The molecular weight excluding hydrogens is 428 g/mol. The number of nitrogens with one attached hydrogen (secondary N) is 1. The van der Waals surface area contributed by atoms with Crippen molar-refractivity contribution in [1.82, 2.24) is 4.90 Å². The van der Waals surface area contributed by atoms with E-state index in [2.05, 4.69) is 21.2 Å². The van der Waals surface area contributed by atoms with Crippen LogP contribution in [-0.2, 0) is 9.59 Å². The van der Waals surface area contributed by atoms with Gasteiger partial charge in [-0.1, -0.05) is 52.0 Å². The number of benzene rings is 1. The normalized spacial score (nSPS) is 16.0. The van der Waals surface area contributed by atoms with Gasteiger partial charge in [0.15, 0.2) is 0 Å². The predicted octanol–water partition coefficient (Wildman–Crippen LogP) is 4.35. The maximum atomic E-state index is 12.5. The van der Waals surface area contributed by atoms with E-state index < -0.39 is 0 Å². The quantitative estimate of drug-likeness (QED) is 0.569. The van der Waals surface area contributed by atoms with E-state index in [-0.39, 0.29) is 18.4 Å². The highest BCUT2D eigenvalue weighted by Gasteiger charge is 2.33. The van der Waals surface area contributed by atoms with Crippen LogP contribution in [0.3, 0.4) is 0 Å². The summed E-state index contributed by atoms with van der Waals surface area (Å²) in [6, 6.07) is 11.1. The lowest BCUT2D eigenvalue weighted by molar-refractivity contribution is -0.126. The molecule has 1 aliphatic rings. The molecule has 3 rings (SSSR count). The summed E-state index contributed by atoms with van der Waals surface area (Å²) in [5, 5.41) is 4.70. The standard InChI is InChI=1S/C16H11BrN2O2S3/c17-10-3-1-4-11(7-10)18-14(20)9-19-15(21)13(24-16(19)22)8-12-5-2-6-23-12/h1-8H,9H2,(H,18,20)/b13-8-. The maximum absolute atomic E-state index is 12.5. The highest BCUT2D eigenvalue weighted by Crippen LogP contribution is 2.33. The molecule has 2 heterocycles. The molecule has 1 aromatic carbocycles. The van der Waals surface area contributed by atoms with E-state index in [9.17, 15) is 9.59 Å². The van der Waals surface area contributed by atoms with E-state index in [4.69, 9.17) is 12.2 Å². The van der Waals surface area contributed by atoms with Crippen molar-refractivity contribution in [3.05, 3.63) is 56.0 Å². The van der Waals surface area contributed by atoms with Gasteiger partial charge in [0.2, 0.25) is 5.91 Å². The lowest BCUT2D eigenvalue weighted by atomic mass is 10.3. The molecule has 1 aliphatic heterocycles. The van der Waals surface area contributed by atoms with Crippen molar-refractivity contribution in [2.45, 2.75) is 0 Å². The number of amides is 2. The summed E-state index contributed by atoms with van der Waals surface area (Å²) in [7, 11) is 0. The second-order valence-corrected chi connectivity index (χ2v) is 8.41. The Bertz CT molecular complexity index is 834. The van der Waals surface area contributed by atoms with Gasteiger partial charge in [-0.3, -0.25) is 14.5 Å². The minimum Gasteiger partial charge on any atom is -0.324 e. The van der Waals surface area contributed by atoms with E-state index in [0.717, 1.165) is 9.35 Å². The molecule has 1 aromatic heterocycles. The van der Waals surface area contributed by atoms with Crippen LogP contribution >= 0.6 is 51.2 Å². The molecule has 0 saturated carbocycles. The van der Waals surface area contributed by atoms with Gasteiger partial charge >= 0.3 is 0 Å². The van der Waals surface area contributed by atoms with Gasteiger partial charge in [-0.05, 0) is 35.7 Å². The summed E-state index contributed by atoms with van der Waals surface area (Å²) in [4.78, 5) is 27.5. The van der Waals surface area contributed by atoms with Crippen LogP contribution < -0.4 is 5.32 Å². The van der Waals surface area contributed by atoms with Crippen molar-refractivity contribution in [2.75, 3.05) is 11.9 Å². The largest absolute Gasteiger partial charge is 0.324 e. The summed E-state index contributed by atoms with van der Waals surface area (Å²) in [5.74, 6) is -0.524. The number of carbonyl (C=O) groups excluding carboxylic acids is 2. The number of halogens is 1. The maximum Gasteiger partial charge on any atom is 0.266 e. The highest BCUT2D eigenvalue weighted by molar-refractivity contribution is 9.10. The highest BCUT2D eigenvalue weighted by atomic mass is 79.9. The summed E-state index contributed by atoms with van der Waals surface area (Å²) in [6.07, 6.45) is 1.80. The molecule has 2 amide bonds. The molecule has 0 spiro atoms. The first kappa shape index (κ1) is 17.3. The van der Waals surface area contributed by atoms with Crippen LogP contribution in [0.2, 0.25) is 0 Å². The van der Waals surface area contributed by atoms with Gasteiger partial charge in [-0.2, -0.15) is 0 Å². The molecule has 0 radical (unpaired) electrons. The second-order valence-electron chi connectivity index (χ2n) is 4.84. The van der Waals surface area contributed by atoms with Crippen molar-refractivity contribution in [3.63, 3.8) is 0 Å². The Morgan fingerprint density at radius 1 is 1.33 bits per heavy atom. The zero-order valence-electron chi connectivity index (χ0n) is 12.2. The van der Waals surface area contributed by atoms with Gasteiger partial charge in [0, 0.05) is 15.0 Å². The number of hydrogen-bond acceptors (Lipinski definition) is 5. The molecule has 0 unspecified atom stereocenters. The van der Waals surface area contributed by atoms with Crippen LogP contribution in [0.1, 0.15) is 4.88 Å². The molecule has 24 heavy (non-hydrogen) atoms. The van der Waals surface area contributed by atoms with Crippen LogP contribution in [0.5, 0.6) is 0 Å². The fourth-order valence-electron chi connectivity index (χ4n) is 2.05. The Balaban J connectivity index is 1.67. The first-order valence-corrected chi connectivity index (χ1v) is 9.77. The average molecular weight is 439 g/mol. The van der Waals surface area contributed by atoms with Gasteiger partial charge in [0.05, 0.1) is 4.91 Å². The second kappa shape index (κ2) is 7.60. The average Bonchev–Trinajstić information content (AvgIpc) is 3.12. The number of anilines is 1. The zero-order chi connectivity index (χ0) is 17.1. The molecule has 0 aliphatic carbocycles. The van der Waals surface area contributed by atoms with Crippen molar-refractivity contribution < 1.29 is 9.59 Å². The summed E-state index contributed by atoms with van der Waals surface area (Å²) >= 11 is 11.3. The monoisotopic (exact) mass is 438 g/mol. The summed E-state index contributed by atoms with van der Waals surface area (Å²) in [6.45, 7) is -0.0983. The lowest BCUT2D eigenvalue weighted by Gasteiger charge is -2.14. The summed E-state index contributed by atoms with van der Waals surface area (Å²) in [5.41, 5.74) is 0.661. The van der Waals surface area contributed by atoms with Crippen molar-refractivity contribution in [3.8, 4) is 0 Å². The van der Waals surface area contributed by atoms with Crippen LogP contribution in [0.25, 0.3) is 6.08 Å². The van der Waals surface area contributed by atoms with Crippen LogP contribution in [0, 0.1) is 0 Å². The Labute approximate surface area is 161 Å². The molecule has 4 nitrogen and oxygen atoms in total. The number of thiophene rings is 1. The van der Waals surface area contributed by atoms with Crippen molar-refractivity contribution >= 4 is 79.1 Å². The molecule has 2 aromatic rings. The molecule has 122 valence electrons. The van der Waals surface area contributed by atoms with Crippen molar-refractivity contribution in [1.29, 1.82) is 0 Å². The van der Waals surface area contributed by atoms with E-state index in [1.54, 1.807) is 29.5 Å². The third kappa shape index (κ3) is 4.13. The van der Waals surface area contributed by atoms with E-state index >= 15 is 0 Å². The SMILES string of the molecule is O=C(CN1C(=O)/C(=C/c2cccs2)SC1=S)Nc1cccc(Br)c1. The Hall–Kier alpha value is -1.48. The number of hydrogen-bond donors (Lipinski definition) is 1. The van der Waals surface area contributed by atoms with Crippen molar-refractivity contribution in [2.24, 2.45) is 0 Å². The first-order valence-electron chi connectivity index (χ1n) is 6.87. The Morgan fingerprint density at radius 2 is 2.17 bits per heavy atom. The molecule has 0 bridgehead atoms. The topological polar surface area (TPSA) is 49.4 Å². The number of thiocarbonyl (C=S) groups is 1. The zero-order valence-corrected chi connectivity index (χ0v) is 16.2. The molecule has 1 fully saturated rings. The van der Waals surface area contributed by atoms with Crippen LogP contribution in [0.4, 0.5) is 5.69 Å². The molecule has 0 atom stereocenters. The lowest BCUT2D eigenvalue weighted by Crippen LogP contribution is -2.36. The number of nitrogens with zero attached hydrogens (tertiary/aromatic N) is 1. The smallest absolute Gasteiger partial charge is 0.266 e. The van der Waals surface area contributed by atoms with E-state index in [1.807, 2.05) is 29.6 Å².